The molecule has 1 unspecified atom stereocenters. The van der Waals surface area contributed by atoms with Gasteiger partial charge in [0.15, 0.2) is 0 Å². The first-order valence-corrected chi connectivity index (χ1v) is 8.53. The Hall–Kier alpha value is -2.35. The summed E-state index contributed by atoms with van der Waals surface area (Å²) >= 11 is 6.07. The van der Waals surface area contributed by atoms with E-state index in [0.29, 0.717) is 16.5 Å². The van der Waals surface area contributed by atoms with Gasteiger partial charge in [0.25, 0.3) is 11.6 Å². The number of nitrogens with one attached hydrogen (secondary N) is 1. The lowest BCUT2D eigenvalue weighted by Crippen LogP contribution is -2.28. The molecule has 0 bridgehead atoms. The number of benzene rings is 1. The first kappa shape index (κ1) is 17.1. The molecule has 5 nitrogen and oxygen atoms in total. The van der Waals surface area contributed by atoms with Crippen LogP contribution in [0.4, 0.5) is 19.0 Å². The van der Waals surface area contributed by atoms with E-state index in [1.165, 1.54) is 5.56 Å². The molecular formula is C17H15ClF3N5. The lowest BCUT2D eigenvalue weighted by atomic mass is 9.88. The molecule has 136 valence electrons. The predicted octanol–water partition coefficient (Wildman–Crippen LogP) is 4.07. The maximum Gasteiger partial charge on any atom is 0.453 e. The molecule has 9 heteroatoms. The SMILES string of the molecule is Cc1cc(NC2CCc3ccc(Cl)cc3C2)n2nc(C(F)(F)F)nc2n1. The van der Waals surface area contributed by atoms with Crippen LogP contribution in [-0.4, -0.2) is 25.6 Å². The number of anilines is 1. The number of rotatable bonds is 2. The van der Waals surface area contributed by atoms with Gasteiger partial charge < -0.3 is 5.32 Å². The quantitative estimate of drug-likeness (QED) is 0.727. The number of fused-ring (bicyclic) bond motifs is 2. The van der Waals surface area contributed by atoms with Crippen LogP contribution < -0.4 is 5.32 Å². The highest BCUT2D eigenvalue weighted by Gasteiger charge is 2.37. The average molecular weight is 382 g/mol. The Bertz CT molecular complexity index is 982. The standard InChI is InChI=1S/C17H15ClF3N5/c1-9-6-14(26-16(22-9)24-15(25-26)17(19,20)21)23-13-5-3-10-2-4-12(18)7-11(10)8-13/h2,4,6-7,13,23H,3,5,8H2,1H3. The van der Waals surface area contributed by atoms with Crippen LogP contribution in [0.3, 0.4) is 0 Å². The molecule has 2 aromatic heterocycles. The third kappa shape index (κ3) is 3.21. The summed E-state index contributed by atoms with van der Waals surface area (Å²) < 4.78 is 39.9. The Morgan fingerprint density at radius 3 is 2.77 bits per heavy atom. The van der Waals surface area contributed by atoms with E-state index in [1.54, 1.807) is 13.0 Å². The number of hydrogen-bond acceptors (Lipinski definition) is 4. The van der Waals surface area contributed by atoms with Gasteiger partial charge in [-0.2, -0.15) is 22.7 Å². The number of halogens is 4. The van der Waals surface area contributed by atoms with E-state index in [1.807, 2.05) is 18.2 Å². The van der Waals surface area contributed by atoms with E-state index in [0.717, 1.165) is 29.3 Å². The molecule has 2 heterocycles. The molecule has 1 aliphatic carbocycles. The molecule has 0 saturated carbocycles. The van der Waals surface area contributed by atoms with Crippen molar-refractivity contribution in [3.05, 3.63) is 51.9 Å². The zero-order valence-corrected chi connectivity index (χ0v) is 14.6. The molecule has 0 fully saturated rings. The Morgan fingerprint density at radius 1 is 1.19 bits per heavy atom. The summed E-state index contributed by atoms with van der Waals surface area (Å²) in [5, 5.41) is 7.56. The van der Waals surface area contributed by atoms with Crippen molar-refractivity contribution in [3.63, 3.8) is 0 Å². The Kier molecular flexibility index (Phi) is 4.02. The fourth-order valence-corrected chi connectivity index (χ4v) is 3.46. The second-order valence-corrected chi connectivity index (χ2v) is 6.86. The number of aryl methyl sites for hydroxylation is 2. The topological polar surface area (TPSA) is 55.1 Å². The molecule has 0 radical (unpaired) electrons. The zero-order valence-electron chi connectivity index (χ0n) is 13.8. The van der Waals surface area contributed by atoms with Crippen molar-refractivity contribution in [2.75, 3.05) is 5.32 Å². The van der Waals surface area contributed by atoms with Gasteiger partial charge in [0.2, 0.25) is 0 Å². The van der Waals surface area contributed by atoms with Crippen LogP contribution >= 0.6 is 11.6 Å². The van der Waals surface area contributed by atoms with Crippen molar-refractivity contribution in [2.45, 2.75) is 38.4 Å². The second kappa shape index (κ2) is 6.12. The molecule has 0 aliphatic heterocycles. The van der Waals surface area contributed by atoms with Crippen molar-refractivity contribution < 1.29 is 13.2 Å². The summed E-state index contributed by atoms with van der Waals surface area (Å²) in [6.07, 6.45) is -2.14. The van der Waals surface area contributed by atoms with E-state index >= 15 is 0 Å². The van der Waals surface area contributed by atoms with E-state index < -0.39 is 12.0 Å². The smallest absolute Gasteiger partial charge is 0.367 e. The van der Waals surface area contributed by atoms with Gasteiger partial charge in [0.1, 0.15) is 5.82 Å². The second-order valence-electron chi connectivity index (χ2n) is 6.42. The first-order chi connectivity index (χ1) is 12.3. The van der Waals surface area contributed by atoms with E-state index in [2.05, 4.69) is 20.4 Å². The molecule has 26 heavy (non-hydrogen) atoms. The van der Waals surface area contributed by atoms with Gasteiger partial charge in [-0.3, -0.25) is 0 Å². The number of nitrogens with zero attached hydrogens (tertiary/aromatic N) is 4. The molecule has 0 saturated heterocycles. The monoisotopic (exact) mass is 381 g/mol. The molecule has 0 amide bonds. The average Bonchev–Trinajstić information content (AvgIpc) is 2.99. The maximum atomic E-state index is 12.9. The molecular weight excluding hydrogens is 367 g/mol. The summed E-state index contributed by atoms with van der Waals surface area (Å²) in [6.45, 7) is 1.71. The lowest BCUT2D eigenvalue weighted by Gasteiger charge is -2.26. The normalized spacial score (nSPS) is 17.3. The Balaban J connectivity index is 1.66. The number of alkyl halides is 3. The number of aromatic nitrogens is 4. The lowest BCUT2D eigenvalue weighted by molar-refractivity contribution is -0.144. The summed E-state index contributed by atoms with van der Waals surface area (Å²) in [7, 11) is 0. The minimum absolute atomic E-state index is 0.0597. The van der Waals surface area contributed by atoms with Gasteiger partial charge in [0.05, 0.1) is 0 Å². The van der Waals surface area contributed by atoms with Crippen LogP contribution in [0, 0.1) is 6.92 Å². The van der Waals surface area contributed by atoms with Crippen molar-refractivity contribution in [1.29, 1.82) is 0 Å². The van der Waals surface area contributed by atoms with E-state index in [4.69, 9.17) is 11.6 Å². The van der Waals surface area contributed by atoms with Crippen molar-refractivity contribution in [1.82, 2.24) is 19.6 Å². The molecule has 1 aliphatic rings. The van der Waals surface area contributed by atoms with Crippen LogP contribution in [0.5, 0.6) is 0 Å². The molecule has 1 atom stereocenters. The van der Waals surface area contributed by atoms with E-state index in [-0.39, 0.29) is 11.8 Å². The van der Waals surface area contributed by atoms with Crippen molar-refractivity contribution in [2.24, 2.45) is 0 Å². The summed E-state index contributed by atoms with van der Waals surface area (Å²) in [5.74, 6) is -0.815. The van der Waals surface area contributed by atoms with Crippen LogP contribution in [0.2, 0.25) is 5.02 Å². The molecule has 4 rings (SSSR count). The van der Waals surface area contributed by atoms with Crippen LogP contribution in [0.25, 0.3) is 5.78 Å². The highest BCUT2D eigenvalue weighted by atomic mass is 35.5. The largest absolute Gasteiger partial charge is 0.453 e. The summed E-state index contributed by atoms with van der Waals surface area (Å²) in [5.41, 5.74) is 2.97. The molecule has 3 aromatic rings. The third-order valence-corrected chi connectivity index (χ3v) is 4.68. The van der Waals surface area contributed by atoms with Gasteiger partial charge in [0, 0.05) is 22.8 Å². The molecule has 0 spiro atoms. The van der Waals surface area contributed by atoms with Gasteiger partial charge in [-0.1, -0.05) is 17.7 Å². The van der Waals surface area contributed by atoms with Crippen molar-refractivity contribution in [3.8, 4) is 0 Å². The van der Waals surface area contributed by atoms with Gasteiger partial charge >= 0.3 is 6.18 Å². The fraction of sp³-hybridized carbons (Fsp3) is 0.353. The fourth-order valence-electron chi connectivity index (χ4n) is 3.27. The summed E-state index contributed by atoms with van der Waals surface area (Å²) in [4.78, 5) is 7.55. The van der Waals surface area contributed by atoms with Gasteiger partial charge in [-0.25, -0.2) is 4.98 Å². The Morgan fingerprint density at radius 2 is 2.00 bits per heavy atom. The third-order valence-electron chi connectivity index (χ3n) is 4.44. The van der Waals surface area contributed by atoms with E-state index in [9.17, 15) is 13.2 Å². The minimum Gasteiger partial charge on any atom is -0.367 e. The van der Waals surface area contributed by atoms with Gasteiger partial charge in [-0.15, -0.1) is 5.10 Å². The first-order valence-electron chi connectivity index (χ1n) is 8.15. The highest BCUT2D eigenvalue weighted by Crippen LogP contribution is 2.29. The van der Waals surface area contributed by atoms with Gasteiger partial charge in [-0.05, 0) is 49.4 Å². The summed E-state index contributed by atoms with van der Waals surface area (Å²) in [6, 6.07) is 7.57. The molecule has 1 aromatic carbocycles. The number of hydrogen-bond donors (Lipinski definition) is 1. The van der Waals surface area contributed by atoms with Crippen LogP contribution in [0.15, 0.2) is 24.3 Å². The van der Waals surface area contributed by atoms with Crippen LogP contribution in [0.1, 0.15) is 29.1 Å². The van der Waals surface area contributed by atoms with Crippen molar-refractivity contribution >= 4 is 23.2 Å². The minimum atomic E-state index is -4.61. The zero-order chi connectivity index (χ0) is 18.5. The predicted molar refractivity (Wildman–Crippen MR) is 91.4 cm³/mol. The maximum absolute atomic E-state index is 12.9. The highest BCUT2D eigenvalue weighted by molar-refractivity contribution is 6.30. The van der Waals surface area contributed by atoms with Crippen LogP contribution in [-0.2, 0) is 19.0 Å². The molecule has 1 N–H and O–H groups in total. The Labute approximate surface area is 152 Å².